The second-order valence-corrected chi connectivity index (χ2v) is 16.1. The lowest BCUT2D eigenvalue weighted by atomic mass is 9.63. The highest BCUT2D eigenvalue weighted by atomic mass is 19.2. The van der Waals surface area contributed by atoms with Crippen molar-refractivity contribution in [3.63, 3.8) is 0 Å². The van der Waals surface area contributed by atoms with Gasteiger partial charge in [0.25, 0.3) is 0 Å². The van der Waals surface area contributed by atoms with Crippen molar-refractivity contribution in [1.29, 1.82) is 5.41 Å². The van der Waals surface area contributed by atoms with Crippen molar-refractivity contribution in [3.05, 3.63) is 245 Å². The molecule has 0 fully saturated rings. The van der Waals surface area contributed by atoms with Crippen LogP contribution in [-0.4, -0.2) is 10.8 Å². The average Bonchev–Trinajstić information content (AvgIpc) is 3.80. The summed E-state index contributed by atoms with van der Waals surface area (Å²) in [5.41, 5.74) is 13.6. The number of nitrogens with zero attached hydrogens (tertiary/aromatic N) is 2. The van der Waals surface area contributed by atoms with Gasteiger partial charge in [0.15, 0.2) is 5.84 Å². The van der Waals surface area contributed by atoms with Crippen LogP contribution in [0.25, 0.3) is 22.3 Å². The van der Waals surface area contributed by atoms with E-state index in [2.05, 4.69) is 131 Å². The first kappa shape index (κ1) is 42.3. The van der Waals surface area contributed by atoms with E-state index in [1.54, 1.807) is 6.07 Å². The van der Waals surface area contributed by atoms with E-state index in [9.17, 15) is 5.41 Å². The minimum Gasteiger partial charge on any atom is -0.282 e. The van der Waals surface area contributed by atoms with Crippen molar-refractivity contribution in [2.24, 2.45) is 0 Å². The number of allylic oxidation sites excluding steroid dienone is 24. The zero-order valence-electron chi connectivity index (χ0n) is 35.9. The Morgan fingerprint density at radius 1 is 0.787 bits per heavy atom. The van der Waals surface area contributed by atoms with Gasteiger partial charge in [0.05, 0.1) is 5.69 Å². The van der Waals surface area contributed by atoms with Crippen LogP contribution in [0.3, 0.4) is 0 Å². The molecular formula is C57H56FN3. The number of nitrogens with one attached hydrogen (secondary N) is 1. The first-order chi connectivity index (χ1) is 29.7. The second kappa shape index (κ2) is 19.5. The van der Waals surface area contributed by atoms with Crippen LogP contribution in [0, 0.1) is 5.41 Å². The summed E-state index contributed by atoms with van der Waals surface area (Å²) in [5, 5.41) is 11.2. The van der Waals surface area contributed by atoms with Gasteiger partial charge in [-0.15, -0.1) is 5.23 Å². The van der Waals surface area contributed by atoms with E-state index in [4.69, 9.17) is 6.58 Å². The summed E-state index contributed by atoms with van der Waals surface area (Å²) in [6.07, 6.45) is 43.6. The predicted molar refractivity (Wildman–Crippen MR) is 259 cm³/mol. The number of amidine groups is 1. The van der Waals surface area contributed by atoms with E-state index in [0.717, 1.165) is 52.7 Å². The van der Waals surface area contributed by atoms with Gasteiger partial charge in [-0.25, -0.2) is 5.01 Å². The minimum absolute atomic E-state index is 0.0613. The lowest BCUT2D eigenvalue weighted by molar-refractivity contribution is 0.266. The third-order valence-corrected chi connectivity index (χ3v) is 11.6. The van der Waals surface area contributed by atoms with E-state index in [1.165, 1.54) is 32.9 Å². The standard InChI is InChI=1S/C57H56FN3/c1-6-50(36-34-42(2)3)57(51-28-17-21-43(4)35-37-51)38-20-27-46(39-44(5)54-32-15-16-33-55(54)57)47-24-18-25-48(40-47)49-26-19-31-53(41-49)61(58)60(52-29-13-9-10-14-30-52)56(59)45-22-11-7-8-12-23-45/h7-11,13-16,18-29,31-37,39-41,59H,5-6,12,17,30,38H2,1-4H3/b27-20-,46-39+,50-36+,59-56?. The van der Waals surface area contributed by atoms with Gasteiger partial charge >= 0.3 is 0 Å². The Labute approximate surface area is 362 Å². The molecule has 3 aromatic rings. The molecule has 4 aliphatic carbocycles. The summed E-state index contributed by atoms with van der Waals surface area (Å²) in [6.45, 7) is 13.5. The maximum Gasteiger partial charge on any atom is 0.153 e. The molecule has 1 unspecified atom stereocenters. The van der Waals surface area contributed by atoms with Crippen LogP contribution in [0.1, 0.15) is 76.5 Å². The zero-order valence-corrected chi connectivity index (χ0v) is 35.9. The van der Waals surface area contributed by atoms with E-state index >= 15 is 4.48 Å². The average molecular weight is 802 g/mol. The highest BCUT2D eigenvalue weighted by molar-refractivity contribution is 6.00. The number of benzene rings is 3. The van der Waals surface area contributed by atoms with Gasteiger partial charge in [0.1, 0.15) is 0 Å². The van der Waals surface area contributed by atoms with Gasteiger partial charge in [-0.1, -0.05) is 193 Å². The fourth-order valence-corrected chi connectivity index (χ4v) is 8.48. The van der Waals surface area contributed by atoms with E-state index in [0.29, 0.717) is 35.0 Å². The Kier molecular flexibility index (Phi) is 13.6. The SMILES string of the molecule is C=C1/C=C(c2cccc(-c3cccc(N(F)N(C(=N)C4=CCC=CC=C4)C4=CC=CC=CC4)c3)c2)\C=C/CC(C2=CCC=C(C)C=C2)(/C(=C/C=C(C)C)CC)c2ccccc21. The molecule has 0 saturated heterocycles. The van der Waals surface area contributed by atoms with Crippen molar-refractivity contribution in [3.8, 4) is 11.1 Å². The number of halogens is 1. The molecule has 0 amide bonds. The molecule has 3 aromatic carbocycles. The summed E-state index contributed by atoms with van der Waals surface area (Å²) in [6, 6.07) is 24.7. The molecule has 7 rings (SSSR count). The molecule has 0 aliphatic heterocycles. The summed E-state index contributed by atoms with van der Waals surface area (Å²) >= 11 is 0. The van der Waals surface area contributed by atoms with Crippen LogP contribution in [0.2, 0.25) is 0 Å². The molecule has 4 aliphatic rings. The first-order valence-corrected chi connectivity index (χ1v) is 21.4. The maximum atomic E-state index is 17.0. The molecule has 1 atom stereocenters. The number of hydrogen-bond donors (Lipinski definition) is 1. The number of rotatable bonds is 10. The second-order valence-electron chi connectivity index (χ2n) is 16.1. The molecule has 0 radical (unpaired) electrons. The highest BCUT2D eigenvalue weighted by Crippen LogP contribution is 2.49. The summed E-state index contributed by atoms with van der Waals surface area (Å²) in [4.78, 5) is 0. The summed E-state index contributed by atoms with van der Waals surface area (Å²) < 4.78 is 17.0. The van der Waals surface area contributed by atoms with E-state index < -0.39 is 5.41 Å². The van der Waals surface area contributed by atoms with E-state index in [-0.39, 0.29) is 5.84 Å². The Hall–Kier alpha value is -6.78. The third-order valence-electron chi connectivity index (χ3n) is 11.6. The molecule has 0 saturated carbocycles. The smallest absolute Gasteiger partial charge is 0.153 e. The molecule has 4 heteroatoms. The van der Waals surface area contributed by atoms with Crippen LogP contribution >= 0.6 is 0 Å². The Balaban J connectivity index is 1.28. The Morgan fingerprint density at radius 3 is 2.41 bits per heavy atom. The van der Waals surface area contributed by atoms with Crippen molar-refractivity contribution in [1.82, 2.24) is 5.01 Å². The van der Waals surface area contributed by atoms with Crippen molar-refractivity contribution in [2.45, 2.75) is 65.2 Å². The van der Waals surface area contributed by atoms with Gasteiger partial charge in [-0.2, -0.15) is 0 Å². The van der Waals surface area contributed by atoms with Gasteiger partial charge in [0.2, 0.25) is 0 Å². The number of hydrogen-bond acceptors (Lipinski definition) is 2. The fraction of sp³-hybridized carbons (Fsp3) is 0.175. The summed E-state index contributed by atoms with van der Waals surface area (Å²) in [7, 11) is 0. The molecule has 3 nitrogen and oxygen atoms in total. The van der Waals surface area contributed by atoms with Crippen LogP contribution in [-0.2, 0) is 5.41 Å². The van der Waals surface area contributed by atoms with Crippen LogP contribution in [0.15, 0.2) is 228 Å². The number of hydrazine groups is 1. The lowest BCUT2D eigenvalue weighted by Crippen LogP contribution is -2.41. The number of anilines is 1. The van der Waals surface area contributed by atoms with Gasteiger partial charge < -0.3 is 0 Å². The van der Waals surface area contributed by atoms with Crippen LogP contribution in [0.4, 0.5) is 10.2 Å². The van der Waals surface area contributed by atoms with Gasteiger partial charge in [0, 0.05) is 23.1 Å². The van der Waals surface area contributed by atoms with Crippen LogP contribution in [0.5, 0.6) is 0 Å². The molecule has 1 N–H and O–H groups in total. The van der Waals surface area contributed by atoms with Crippen molar-refractivity contribution in [2.75, 3.05) is 5.23 Å². The first-order valence-electron chi connectivity index (χ1n) is 21.4. The fourth-order valence-electron chi connectivity index (χ4n) is 8.48. The largest absolute Gasteiger partial charge is 0.282 e. The molecule has 61 heavy (non-hydrogen) atoms. The van der Waals surface area contributed by atoms with Gasteiger partial charge in [-0.3, -0.25) is 5.41 Å². The van der Waals surface area contributed by atoms with E-state index in [1.807, 2.05) is 79.0 Å². The third kappa shape index (κ3) is 9.50. The zero-order chi connectivity index (χ0) is 42.8. The molecule has 0 bridgehead atoms. The topological polar surface area (TPSA) is 30.3 Å². The minimum atomic E-state index is -0.418. The maximum absolute atomic E-state index is 17.0. The predicted octanol–water partition coefficient (Wildman–Crippen LogP) is 15.5. The van der Waals surface area contributed by atoms with Crippen molar-refractivity contribution >= 4 is 22.7 Å². The molecule has 0 heterocycles. The molecule has 0 aromatic heterocycles. The summed E-state index contributed by atoms with van der Waals surface area (Å²) in [5.74, 6) is 0.0613. The molecule has 0 spiro atoms. The Bertz CT molecular complexity index is 2600. The monoisotopic (exact) mass is 801 g/mol. The van der Waals surface area contributed by atoms with Gasteiger partial charge in [-0.05, 0) is 121 Å². The normalized spacial score (nSPS) is 20.1. The quantitative estimate of drug-likeness (QED) is 0.0728. The van der Waals surface area contributed by atoms with Crippen LogP contribution < -0.4 is 5.23 Å². The highest BCUT2D eigenvalue weighted by Gasteiger charge is 2.39. The van der Waals surface area contributed by atoms with Crippen molar-refractivity contribution < 1.29 is 4.48 Å². The Morgan fingerprint density at radius 2 is 1.57 bits per heavy atom. The lowest BCUT2D eigenvalue weighted by Gasteiger charge is -2.39. The molecule has 306 valence electrons. The number of fused-ring (bicyclic) bond motifs is 1. The molecular weight excluding hydrogens is 746 g/mol.